The molecular formula is C17H17NO3. The summed E-state index contributed by atoms with van der Waals surface area (Å²) in [6.45, 7) is 1.63. The van der Waals surface area contributed by atoms with Crippen LogP contribution in [0.5, 0.6) is 5.75 Å². The van der Waals surface area contributed by atoms with E-state index >= 15 is 0 Å². The second kappa shape index (κ2) is 5.48. The van der Waals surface area contributed by atoms with Crippen molar-refractivity contribution < 1.29 is 14.6 Å². The molecule has 4 nitrogen and oxygen atoms in total. The largest absolute Gasteiger partial charge is 0.496 e. The highest BCUT2D eigenvalue weighted by Crippen LogP contribution is 2.35. The van der Waals surface area contributed by atoms with Crippen molar-refractivity contribution in [2.45, 2.75) is 13.0 Å². The topological polar surface area (TPSA) is 49.8 Å². The maximum Gasteiger partial charge on any atom is 0.335 e. The van der Waals surface area contributed by atoms with Gasteiger partial charge in [0.1, 0.15) is 5.75 Å². The first kappa shape index (κ1) is 13.5. The number of anilines is 1. The van der Waals surface area contributed by atoms with Crippen LogP contribution in [0.4, 0.5) is 5.69 Å². The Bertz CT molecular complexity index is 681. The predicted molar refractivity (Wildman–Crippen MR) is 81.1 cm³/mol. The summed E-state index contributed by atoms with van der Waals surface area (Å²) in [5.74, 6) is 0.0367. The lowest BCUT2D eigenvalue weighted by Gasteiger charge is -2.20. The van der Waals surface area contributed by atoms with Gasteiger partial charge in [0.05, 0.1) is 12.7 Å². The van der Waals surface area contributed by atoms with Crippen LogP contribution in [0.3, 0.4) is 0 Å². The number of carboxylic acids is 1. The normalized spacial score (nSPS) is 13.1. The van der Waals surface area contributed by atoms with Crippen molar-refractivity contribution in [3.63, 3.8) is 0 Å². The maximum atomic E-state index is 11.0. The summed E-state index contributed by atoms with van der Waals surface area (Å²) >= 11 is 0. The molecule has 21 heavy (non-hydrogen) atoms. The molecule has 1 N–H and O–H groups in total. The first-order valence-corrected chi connectivity index (χ1v) is 6.92. The third-order valence-corrected chi connectivity index (χ3v) is 3.85. The number of carboxylic acid groups (broad SMARTS) is 1. The molecule has 0 bridgehead atoms. The third-order valence-electron chi connectivity index (χ3n) is 3.85. The first-order chi connectivity index (χ1) is 10.2. The molecule has 0 radical (unpaired) electrons. The molecule has 0 atom stereocenters. The molecule has 0 saturated heterocycles. The van der Waals surface area contributed by atoms with Gasteiger partial charge in [-0.05, 0) is 36.2 Å². The number of benzene rings is 2. The molecule has 0 spiro atoms. The van der Waals surface area contributed by atoms with Crippen LogP contribution in [-0.2, 0) is 13.0 Å². The average molecular weight is 283 g/mol. The molecule has 0 fully saturated rings. The number of nitrogens with zero attached hydrogens (tertiary/aromatic N) is 1. The molecule has 108 valence electrons. The van der Waals surface area contributed by atoms with E-state index in [0.29, 0.717) is 12.1 Å². The van der Waals surface area contributed by atoms with Crippen LogP contribution in [0.1, 0.15) is 21.5 Å². The van der Waals surface area contributed by atoms with Crippen LogP contribution < -0.4 is 9.64 Å². The van der Waals surface area contributed by atoms with E-state index in [9.17, 15) is 4.79 Å². The van der Waals surface area contributed by atoms with Crippen LogP contribution in [-0.4, -0.2) is 24.7 Å². The smallest absolute Gasteiger partial charge is 0.335 e. The van der Waals surface area contributed by atoms with Crippen molar-refractivity contribution in [3.05, 3.63) is 59.2 Å². The zero-order valence-corrected chi connectivity index (χ0v) is 11.9. The van der Waals surface area contributed by atoms with E-state index in [2.05, 4.69) is 11.0 Å². The van der Waals surface area contributed by atoms with Crippen molar-refractivity contribution in [3.8, 4) is 5.75 Å². The van der Waals surface area contributed by atoms with Crippen molar-refractivity contribution in [1.29, 1.82) is 0 Å². The SMILES string of the molecule is COc1cccc2c1CCN2Cc1cccc(C(=O)O)c1. The lowest BCUT2D eigenvalue weighted by molar-refractivity contribution is 0.0696. The quantitative estimate of drug-likeness (QED) is 0.937. The van der Waals surface area contributed by atoms with Gasteiger partial charge in [0.25, 0.3) is 0 Å². The maximum absolute atomic E-state index is 11.0. The Morgan fingerprint density at radius 1 is 1.29 bits per heavy atom. The number of methoxy groups -OCH3 is 1. The molecule has 1 aliphatic heterocycles. The van der Waals surface area contributed by atoms with Gasteiger partial charge in [0, 0.05) is 24.3 Å². The monoisotopic (exact) mass is 283 g/mol. The summed E-state index contributed by atoms with van der Waals surface area (Å²) < 4.78 is 5.40. The van der Waals surface area contributed by atoms with Gasteiger partial charge in [-0.25, -0.2) is 4.79 Å². The van der Waals surface area contributed by atoms with Crippen molar-refractivity contribution >= 4 is 11.7 Å². The summed E-state index contributed by atoms with van der Waals surface area (Å²) in [6, 6.07) is 13.2. The van der Waals surface area contributed by atoms with E-state index in [0.717, 1.165) is 24.3 Å². The number of hydrogen-bond acceptors (Lipinski definition) is 3. The fraction of sp³-hybridized carbons (Fsp3) is 0.235. The van der Waals surface area contributed by atoms with Gasteiger partial charge < -0.3 is 14.7 Å². The molecule has 2 aromatic rings. The highest BCUT2D eigenvalue weighted by atomic mass is 16.5. The summed E-state index contributed by atoms with van der Waals surface area (Å²) in [7, 11) is 1.69. The second-order valence-corrected chi connectivity index (χ2v) is 5.14. The average Bonchev–Trinajstić information content (AvgIpc) is 2.90. The highest BCUT2D eigenvalue weighted by molar-refractivity contribution is 5.87. The van der Waals surface area contributed by atoms with Crippen molar-refractivity contribution in [2.75, 3.05) is 18.6 Å². The lowest BCUT2D eigenvalue weighted by atomic mass is 10.1. The minimum atomic E-state index is -0.889. The lowest BCUT2D eigenvalue weighted by Crippen LogP contribution is -2.19. The summed E-state index contributed by atoms with van der Waals surface area (Å²) in [4.78, 5) is 13.3. The van der Waals surface area contributed by atoms with Gasteiger partial charge in [-0.2, -0.15) is 0 Å². The number of hydrogen-bond donors (Lipinski definition) is 1. The van der Waals surface area contributed by atoms with Crippen LogP contribution >= 0.6 is 0 Å². The molecule has 1 heterocycles. The van der Waals surface area contributed by atoms with E-state index < -0.39 is 5.97 Å². The van der Waals surface area contributed by atoms with Gasteiger partial charge in [-0.1, -0.05) is 18.2 Å². The van der Waals surface area contributed by atoms with E-state index in [1.54, 1.807) is 25.3 Å². The Kier molecular flexibility index (Phi) is 3.52. The van der Waals surface area contributed by atoms with Crippen molar-refractivity contribution in [2.24, 2.45) is 0 Å². The molecule has 0 amide bonds. The first-order valence-electron chi connectivity index (χ1n) is 6.92. The van der Waals surface area contributed by atoms with Gasteiger partial charge in [0.15, 0.2) is 0 Å². The number of fused-ring (bicyclic) bond motifs is 1. The minimum absolute atomic E-state index is 0.331. The molecule has 0 aromatic heterocycles. The van der Waals surface area contributed by atoms with E-state index in [4.69, 9.17) is 9.84 Å². The van der Waals surface area contributed by atoms with Crippen LogP contribution in [0.2, 0.25) is 0 Å². The molecular weight excluding hydrogens is 266 g/mol. The fourth-order valence-corrected chi connectivity index (χ4v) is 2.85. The minimum Gasteiger partial charge on any atom is -0.496 e. The Morgan fingerprint density at radius 3 is 2.86 bits per heavy atom. The molecule has 4 heteroatoms. The summed E-state index contributed by atoms with van der Waals surface area (Å²) in [6.07, 6.45) is 0.956. The number of ether oxygens (including phenoxy) is 1. The van der Waals surface area contributed by atoms with Crippen LogP contribution in [0, 0.1) is 0 Å². The second-order valence-electron chi connectivity index (χ2n) is 5.14. The number of aromatic carboxylic acids is 1. The van der Waals surface area contributed by atoms with Crippen LogP contribution in [0.15, 0.2) is 42.5 Å². The van der Waals surface area contributed by atoms with Gasteiger partial charge >= 0.3 is 5.97 Å². The Morgan fingerprint density at radius 2 is 2.10 bits per heavy atom. The van der Waals surface area contributed by atoms with Crippen molar-refractivity contribution in [1.82, 2.24) is 0 Å². The predicted octanol–water partition coefficient (Wildman–Crippen LogP) is 2.96. The Balaban J connectivity index is 1.86. The molecule has 2 aromatic carbocycles. The van der Waals surface area contributed by atoms with Gasteiger partial charge in [-0.15, -0.1) is 0 Å². The molecule has 1 aliphatic rings. The summed E-state index contributed by atoms with van der Waals surface area (Å²) in [5.41, 5.74) is 3.74. The van der Waals surface area contributed by atoms with Gasteiger partial charge in [-0.3, -0.25) is 0 Å². The third kappa shape index (κ3) is 2.57. The standard InChI is InChI=1S/C17H17NO3/c1-21-16-7-3-6-15-14(16)8-9-18(15)11-12-4-2-5-13(10-12)17(19)20/h2-7,10H,8-9,11H2,1H3,(H,19,20). The van der Waals surface area contributed by atoms with E-state index in [1.165, 1.54) is 11.3 Å². The highest BCUT2D eigenvalue weighted by Gasteiger charge is 2.22. The molecule has 0 aliphatic carbocycles. The van der Waals surface area contributed by atoms with E-state index in [1.807, 2.05) is 18.2 Å². The Hall–Kier alpha value is -2.49. The molecule has 3 rings (SSSR count). The van der Waals surface area contributed by atoms with Gasteiger partial charge in [0.2, 0.25) is 0 Å². The molecule has 0 unspecified atom stereocenters. The number of carbonyl (C=O) groups is 1. The summed E-state index contributed by atoms with van der Waals surface area (Å²) in [5, 5.41) is 9.07. The zero-order chi connectivity index (χ0) is 14.8. The van der Waals surface area contributed by atoms with E-state index in [-0.39, 0.29) is 0 Å². The number of rotatable bonds is 4. The molecule has 0 saturated carbocycles. The fourth-order valence-electron chi connectivity index (χ4n) is 2.85. The zero-order valence-electron chi connectivity index (χ0n) is 11.9. The van der Waals surface area contributed by atoms with Crippen LogP contribution in [0.25, 0.3) is 0 Å². The Labute approximate surface area is 123 Å².